The summed E-state index contributed by atoms with van der Waals surface area (Å²) in [5, 5.41) is 5.25. The van der Waals surface area contributed by atoms with Crippen LogP contribution in [0.5, 0.6) is 0 Å². The minimum atomic E-state index is -3.17. The molecule has 0 aliphatic carbocycles. The predicted octanol–water partition coefficient (Wildman–Crippen LogP) is 1.13. The van der Waals surface area contributed by atoms with Crippen LogP contribution < -0.4 is 5.14 Å². The Morgan fingerprint density at radius 1 is 1.43 bits per heavy atom. The summed E-state index contributed by atoms with van der Waals surface area (Å²) < 4.78 is 18.2. The molecule has 1 rings (SSSR count). The lowest BCUT2D eigenvalue weighted by atomic mass is 10.3. The van der Waals surface area contributed by atoms with E-state index < -0.39 is 10.8 Å². The van der Waals surface area contributed by atoms with Gasteiger partial charge in [0.25, 0.3) is 0 Å². The summed E-state index contributed by atoms with van der Waals surface area (Å²) in [5.41, 5.74) is 1.00. The highest BCUT2D eigenvalue weighted by Gasteiger charge is 2.10. The first-order chi connectivity index (χ1) is 6.39. The minimum absolute atomic E-state index is 0.125. The first-order valence-electron chi connectivity index (χ1n) is 4.05. The van der Waals surface area contributed by atoms with Crippen LogP contribution in [0.3, 0.4) is 0 Å². The van der Waals surface area contributed by atoms with Crippen molar-refractivity contribution in [2.45, 2.75) is 11.6 Å². The van der Waals surface area contributed by atoms with E-state index in [0.29, 0.717) is 0 Å². The molecule has 0 unspecified atom stereocenters. The number of nitrogens with two attached hydrogens (primary N) is 1. The van der Waals surface area contributed by atoms with Crippen molar-refractivity contribution in [3.8, 4) is 0 Å². The largest absolute Gasteiger partial charge is 0.305 e. The van der Waals surface area contributed by atoms with Crippen molar-refractivity contribution in [2.75, 3.05) is 14.1 Å². The molecule has 0 aliphatic heterocycles. The molecule has 0 spiro atoms. The molecule has 0 bridgehead atoms. The maximum Gasteiger partial charge on any atom is 0.162 e. The van der Waals surface area contributed by atoms with Crippen LogP contribution in [-0.4, -0.2) is 33.1 Å². The van der Waals surface area contributed by atoms with E-state index >= 15 is 0 Å². The van der Waals surface area contributed by atoms with Crippen LogP contribution in [0.2, 0.25) is 0 Å². The summed E-state index contributed by atoms with van der Waals surface area (Å²) >= 11 is 0. The Hall–Kier alpha value is -0.660. The Labute approximate surface area is 85.0 Å². The summed E-state index contributed by atoms with van der Waals surface area (Å²) in [4.78, 5) is 5.89. The third kappa shape index (κ3) is 3.24. The number of pyridine rings is 1. The lowest BCUT2D eigenvalue weighted by molar-refractivity contribution is 0.401. The third-order valence-electron chi connectivity index (χ3n) is 1.60. The van der Waals surface area contributed by atoms with Gasteiger partial charge in [0, 0.05) is 12.7 Å². The van der Waals surface area contributed by atoms with Crippen LogP contribution in [0.25, 0.3) is 0 Å². The highest BCUT2D eigenvalue weighted by molar-refractivity contribution is 8.22. The molecule has 1 aromatic rings. The van der Waals surface area contributed by atoms with E-state index in [2.05, 4.69) is 4.98 Å². The molecule has 0 atom stereocenters. The van der Waals surface area contributed by atoms with Gasteiger partial charge in [-0.15, -0.1) is 0 Å². The fraction of sp³-hybridized carbons (Fsp3) is 0.375. The van der Waals surface area contributed by atoms with Crippen molar-refractivity contribution < 1.29 is 9.11 Å². The van der Waals surface area contributed by atoms with Gasteiger partial charge >= 0.3 is 0 Å². The Bertz CT molecular complexity index is 294. The van der Waals surface area contributed by atoms with Gasteiger partial charge in [0.15, 0.2) is 5.03 Å². The molecule has 14 heavy (non-hydrogen) atoms. The summed E-state index contributed by atoms with van der Waals surface area (Å²) in [6, 6.07) is 3.32. The standard InChI is InChI=1S/C8H15N3O2S/c1-11(2)6-7-3-4-8(10-5-7)14(9,12)13/h3-5,12-13H,6,9H2,1-2H3. The third-order valence-corrected chi connectivity index (χ3v) is 2.46. The van der Waals surface area contributed by atoms with Crippen LogP contribution in [-0.2, 0) is 6.54 Å². The zero-order valence-electron chi connectivity index (χ0n) is 8.21. The van der Waals surface area contributed by atoms with Crippen molar-refractivity contribution in [1.82, 2.24) is 9.88 Å². The van der Waals surface area contributed by atoms with E-state index in [9.17, 15) is 0 Å². The van der Waals surface area contributed by atoms with Crippen LogP contribution in [0, 0.1) is 0 Å². The Morgan fingerprint density at radius 2 is 2.07 bits per heavy atom. The van der Waals surface area contributed by atoms with Crippen molar-refractivity contribution in [2.24, 2.45) is 5.14 Å². The molecule has 0 saturated heterocycles. The highest BCUT2D eigenvalue weighted by Crippen LogP contribution is 2.37. The predicted molar refractivity (Wildman–Crippen MR) is 56.9 cm³/mol. The molecule has 5 nitrogen and oxygen atoms in total. The maximum atomic E-state index is 9.11. The van der Waals surface area contributed by atoms with Gasteiger partial charge in [0.05, 0.1) is 0 Å². The average Bonchev–Trinajstić information content (AvgIpc) is 2.02. The number of hydrogen-bond donors (Lipinski definition) is 3. The molecule has 1 aromatic heterocycles. The van der Waals surface area contributed by atoms with Gasteiger partial charge in [0.1, 0.15) is 0 Å². The van der Waals surface area contributed by atoms with Gasteiger partial charge in [-0.1, -0.05) is 16.8 Å². The second-order valence-corrected chi connectivity index (χ2v) is 4.94. The van der Waals surface area contributed by atoms with E-state index in [0.717, 1.165) is 12.1 Å². The molecule has 0 amide bonds. The average molecular weight is 217 g/mol. The van der Waals surface area contributed by atoms with E-state index in [-0.39, 0.29) is 5.03 Å². The van der Waals surface area contributed by atoms with Crippen molar-refractivity contribution in [3.63, 3.8) is 0 Å². The number of hydrogen-bond acceptors (Lipinski definition) is 5. The maximum absolute atomic E-state index is 9.11. The van der Waals surface area contributed by atoms with Gasteiger partial charge in [-0.05, 0) is 25.7 Å². The Balaban J connectivity index is 2.79. The van der Waals surface area contributed by atoms with Crippen LogP contribution in [0.1, 0.15) is 5.56 Å². The first-order valence-corrected chi connectivity index (χ1v) is 5.66. The fourth-order valence-electron chi connectivity index (χ4n) is 1.05. The van der Waals surface area contributed by atoms with E-state index in [1.54, 1.807) is 12.3 Å². The molecule has 0 aromatic carbocycles. The molecule has 80 valence electrons. The van der Waals surface area contributed by atoms with Gasteiger partial charge in [-0.2, -0.15) is 0 Å². The summed E-state index contributed by atoms with van der Waals surface area (Å²) in [5.74, 6) is 0. The smallest absolute Gasteiger partial charge is 0.162 e. The topological polar surface area (TPSA) is 82.6 Å². The van der Waals surface area contributed by atoms with Crippen LogP contribution in [0.4, 0.5) is 0 Å². The lowest BCUT2D eigenvalue weighted by Gasteiger charge is -2.24. The van der Waals surface area contributed by atoms with Gasteiger partial charge < -0.3 is 4.90 Å². The quantitative estimate of drug-likeness (QED) is 0.707. The number of nitrogens with zero attached hydrogens (tertiary/aromatic N) is 2. The van der Waals surface area contributed by atoms with E-state index in [1.807, 2.05) is 19.0 Å². The van der Waals surface area contributed by atoms with Gasteiger partial charge in [0.2, 0.25) is 0 Å². The zero-order chi connectivity index (χ0) is 10.8. The highest BCUT2D eigenvalue weighted by atomic mass is 32.3. The summed E-state index contributed by atoms with van der Waals surface area (Å²) in [7, 11) is 0.725. The summed E-state index contributed by atoms with van der Waals surface area (Å²) in [6.45, 7) is 0.761. The molecule has 4 N–H and O–H groups in total. The molecular formula is C8H15N3O2S. The van der Waals surface area contributed by atoms with Gasteiger partial charge in [-0.25, -0.2) is 10.1 Å². The van der Waals surface area contributed by atoms with Crippen molar-refractivity contribution >= 4 is 10.8 Å². The molecule has 0 aliphatic rings. The zero-order valence-corrected chi connectivity index (χ0v) is 9.03. The van der Waals surface area contributed by atoms with Crippen LogP contribution >= 0.6 is 10.8 Å². The lowest BCUT2D eigenvalue weighted by Crippen LogP contribution is -2.13. The molecule has 1 heterocycles. The normalized spacial score (nSPS) is 13.3. The molecule has 0 fully saturated rings. The van der Waals surface area contributed by atoms with E-state index in [1.165, 1.54) is 6.07 Å². The molecule has 0 saturated carbocycles. The van der Waals surface area contributed by atoms with Crippen molar-refractivity contribution in [1.29, 1.82) is 0 Å². The summed E-state index contributed by atoms with van der Waals surface area (Å²) in [6.07, 6.45) is 1.59. The van der Waals surface area contributed by atoms with Gasteiger partial charge in [-0.3, -0.25) is 9.11 Å². The second kappa shape index (κ2) is 4.24. The Kier molecular flexibility index (Phi) is 3.46. The number of aromatic nitrogens is 1. The molecule has 0 radical (unpaired) electrons. The SMILES string of the molecule is CN(C)Cc1ccc(S(N)(O)O)nc1. The monoisotopic (exact) mass is 217 g/mol. The van der Waals surface area contributed by atoms with Crippen LogP contribution in [0.15, 0.2) is 23.4 Å². The molecule has 6 heteroatoms. The molecular weight excluding hydrogens is 202 g/mol. The van der Waals surface area contributed by atoms with E-state index in [4.69, 9.17) is 14.2 Å². The minimum Gasteiger partial charge on any atom is -0.305 e. The fourth-order valence-corrected chi connectivity index (χ4v) is 1.52. The number of rotatable bonds is 3. The Morgan fingerprint density at radius 3 is 2.43 bits per heavy atom. The second-order valence-electron chi connectivity index (χ2n) is 3.34. The van der Waals surface area contributed by atoms with Crippen molar-refractivity contribution in [3.05, 3.63) is 23.9 Å². The first kappa shape index (κ1) is 11.4.